The van der Waals surface area contributed by atoms with Crippen LogP contribution in [0.3, 0.4) is 0 Å². The van der Waals surface area contributed by atoms with E-state index in [9.17, 15) is 9.59 Å². The number of nitrogens with two attached hydrogens (primary N) is 1. The third kappa shape index (κ3) is 2.74. The van der Waals surface area contributed by atoms with Gasteiger partial charge in [0.2, 0.25) is 11.8 Å². The molecule has 2 amide bonds. The molecule has 0 saturated carbocycles. The van der Waals surface area contributed by atoms with E-state index in [0.717, 1.165) is 25.8 Å². The quantitative estimate of drug-likeness (QED) is 0.784. The maximum absolute atomic E-state index is 12.2. The normalized spacial score (nSPS) is 21.9. The molecule has 1 aliphatic heterocycles. The molecule has 0 aromatic rings. The molecule has 4 heteroatoms. The summed E-state index contributed by atoms with van der Waals surface area (Å²) in [5.74, 6) is -0.307. The van der Waals surface area contributed by atoms with Gasteiger partial charge in [-0.3, -0.25) is 9.59 Å². The van der Waals surface area contributed by atoms with E-state index in [2.05, 4.69) is 0 Å². The van der Waals surface area contributed by atoms with Gasteiger partial charge < -0.3 is 10.6 Å². The van der Waals surface area contributed by atoms with Crippen molar-refractivity contribution in [1.29, 1.82) is 0 Å². The molecule has 1 saturated heterocycles. The first kappa shape index (κ1) is 13.0. The van der Waals surface area contributed by atoms with Gasteiger partial charge in [-0.25, -0.2) is 0 Å². The van der Waals surface area contributed by atoms with E-state index < -0.39 is 0 Å². The summed E-state index contributed by atoms with van der Waals surface area (Å²) in [6.45, 7) is 7.16. The molecule has 1 unspecified atom stereocenters. The van der Waals surface area contributed by atoms with Crippen molar-refractivity contribution in [1.82, 2.24) is 4.90 Å². The standard InChI is InChI=1S/C12H22N2O2/c1-4-12(2,3)11(16)14-7-5-6-9(8-14)10(13)15/h9H,4-8H2,1-3H3,(H2,13,15). The first-order valence-corrected chi connectivity index (χ1v) is 5.97. The van der Waals surface area contributed by atoms with E-state index in [-0.39, 0.29) is 23.1 Å². The molecule has 92 valence electrons. The molecule has 1 heterocycles. The number of hydrogen-bond acceptors (Lipinski definition) is 2. The third-order valence-electron chi connectivity index (χ3n) is 3.57. The molecule has 0 radical (unpaired) electrons. The summed E-state index contributed by atoms with van der Waals surface area (Å²) in [7, 11) is 0. The van der Waals surface area contributed by atoms with Crippen LogP contribution in [0.5, 0.6) is 0 Å². The van der Waals surface area contributed by atoms with Crippen molar-refractivity contribution < 1.29 is 9.59 Å². The van der Waals surface area contributed by atoms with Gasteiger partial charge in [0.05, 0.1) is 5.92 Å². The highest BCUT2D eigenvalue weighted by Crippen LogP contribution is 2.26. The molecular weight excluding hydrogens is 204 g/mol. The lowest BCUT2D eigenvalue weighted by molar-refractivity contribution is -0.143. The molecule has 1 rings (SSSR count). The molecule has 0 aliphatic carbocycles. The van der Waals surface area contributed by atoms with Gasteiger partial charge in [-0.05, 0) is 19.3 Å². The largest absolute Gasteiger partial charge is 0.369 e. The maximum Gasteiger partial charge on any atom is 0.228 e. The first-order valence-electron chi connectivity index (χ1n) is 5.97. The minimum Gasteiger partial charge on any atom is -0.369 e. The molecule has 1 fully saturated rings. The Hall–Kier alpha value is -1.06. The molecule has 0 aromatic heterocycles. The van der Waals surface area contributed by atoms with Crippen LogP contribution in [0.1, 0.15) is 40.0 Å². The van der Waals surface area contributed by atoms with Gasteiger partial charge in [-0.2, -0.15) is 0 Å². The van der Waals surface area contributed by atoms with E-state index in [4.69, 9.17) is 5.73 Å². The molecule has 4 nitrogen and oxygen atoms in total. The zero-order valence-electron chi connectivity index (χ0n) is 10.5. The van der Waals surface area contributed by atoms with Crippen LogP contribution in [-0.2, 0) is 9.59 Å². The Morgan fingerprint density at radius 3 is 2.56 bits per heavy atom. The van der Waals surface area contributed by atoms with Crippen LogP contribution in [-0.4, -0.2) is 29.8 Å². The van der Waals surface area contributed by atoms with Crippen molar-refractivity contribution in [2.45, 2.75) is 40.0 Å². The van der Waals surface area contributed by atoms with Crippen molar-refractivity contribution >= 4 is 11.8 Å². The van der Waals surface area contributed by atoms with Crippen LogP contribution in [0.15, 0.2) is 0 Å². The Balaban J connectivity index is 2.67. The van der Waals surface area contributed by atoms with Crippen molar-refractivity contribution in [3.05, 3.63) is 0 Å². The number of carbonyl (C=O) groups is 2. The molecule has 0 aromatic carbocycles. The SMILES string of the molecule is CCC(C)(C)C(=O)N1CCCC(C(N)=O)C1. The predicted molar refractivity (Wildman–Crippen MR) is 62.6 cm³/mol. The second kappa shape index (κ2) is 4.85. The minimum atomic E-state index is -0.334. The Labute approximate surface area is 97.2 Å². The molecular formula is C12H22N2O2. The van der Waals surface area contributed by atoms with Crippen LogP contribution in [0.4, 0.5) is 0 Å². The second-order valence-corrected chi connectivity index (χ2v) is 5.23. The Morgan fingerprint density at radius 1 is 1.44 bits per heavy atom. The predicted octanol–water partition coefficient (Wildman–Crippen LogP) is 1.15. The molecule has 0 spiro atoms. The summed E-state index contributed by atoms with van der Waals surface area (Å²) in [5, 5.41) is 0. The Morgan fingerprint density at radius 2 is 2.06 bits per heavy atom. The first-order chi connectivity index (χ1) is 7.38. The lowest BCUT2D eigenvalue weighted by atomic mass is 9.87. The van der Waals surface area contributed by atoms with Crippen LogP contribution in [0.2, 0.25) is 0 Å². The van der Waals surface area contributed by atoms with Crippen LogP contribution in [0, 0.1) is 11.3 Å². The fourth-order valence-corrected chi connectivity index (χ4v) is 1.97. The van der Waals surface area contributed by atoms with Crippen LogP contribution in [0.25, 0.3) is 0 Å². The molecule has 0 bridgehead atoms. The summed E-state index contributed by atoms with van der Waals surface area (Å²) in [5.41, 5.74) is 4.96. The Bertz CT molecular complexity index is 287. The topological polar surface area (TPSA) is 63.4 Å². The number of piperidine rings is 1. The highest BCUT2D eigenvalue weighted by Gasteiger charge is 2.34. The van der Waals surface area contributed by atoms with Crippen LogP contribution < -0.4 is 5.73 Å². The molecule has 16 heavy (non-hydrogen) atoms. The number of amides is 2. The number of carbonyl (C=O) groups excluding carboxylic acids is 2. The maximum atomic E-state index is 12.2. The van der Waals surface area contributed by atoms with E-state index in [0.29, 0.717) is 6.54 Å². The summed E-state index contributed by atoms with van der Waals surface area (Å²) in [6.07, 6.45) is 2.49. The van der Waals surface area contributed by atoms with Gasteiger partial charge in [0.1, 0.15) is 0 Å². The zero-order valence-corrected chi connectivity index (χ0v) is 10.5. The summed E-state index contributed by atoms with van der Waals surface area (Å²) in [6, 6.07) is 0. The fraction of sp³-hybridized carbons (Fsp3) is 0.833. The minimum absolute atomic E-state index is 0.140. The summed E-state index contributed by atoms with van der Waals surface area (Å²) >= 11 is 0. The smallest absolute Gasteiger partial charge is 0.228 e. The number of likely N-dealkylation sites (tertiary alicyclic amines) is 1. The Kier molecular flexibility index (Phi) is 3.94. The van der Waals surface area contributed by atoms with Gasteiger partial charge in [0.25, 0.3) is 0 Å². The molecule has 1 atom stereocenters. The third-order valence-corrected chi connectivity index (χ3v) is 3.57. The van der Waals surface area contributed by atoms with Gasteiger partial charge in [-0.15, -0.1) is 0 Å². The van der Waals surface area contributed by atoms with Crippen molar-refractivity contribution in [2.75, 3.05) is 13.1 Å². The van der Waals surface area contributed by atoms with E-state index in [1.807, 2.05) is 20.8 Å². The van der Waals surface area contributed by atoms with E-state index >= 15 is 0 Å². The van der Waals surface area contributed by atoms with Gasteiger partial charge in [-0.1, -0.05) is 20.8 Å². The second-order valence-electron chi connectivity index (χ2n) is 5.23. The number of nitrogens with zero attached hydrogens (tertiary/aromatic N) is 1. The lowest BCUT2D eigenvalue weighted by Gasteiger charge is -2.36. The monoisotopic (exact) mass is 226 g/mol. The van der Waals surface area contributed by atoms with Gasteiger partial charge >= 0.3 is 0 Å². The number of primary amides is 1. The number of rotatable bonds is 3. The van der Waals surface area contributed by atoms with Crippen LogP contribution >= 0.6 is 0 Å². The van der Waals surface area contributed by atoms with Crippen molar-refractivity contribution in [2.24, 2.45) is 17.1 Å². The summed E-state index contributed by atoms with van der Waals surface area (Å²) < 4.78 is 0. The average Bonchev–Trinajstić information content (AvgIpc) is 2.28. The average molecular weight is 226 g/mol. The van der Waals surface area contributed by atoms with Gasteiger partial charge in [0, 0.05) is 18.5 Å². The summed E-state index contributed by atoms with van der Waals surface area (Å²) in [4.78, 5) is 25.1. The van der Waals surface area contributed by atoms with Crippen molar-refractivity contribution in [3.8, 4) is 0 Å². The molecule has 2 N–H and O–H groups in total. The van der Waals surface area contributed by atoms with Gasteiger partial charge in [0.15, 0.2) is 0 Å². The van der Waals surface area contributed by atoms with E-state index in [1.165, 1.54) is 0 Å². The van der Waals surface area contributed by atoms with Crippen molar-refractivity contribution in [3.63, 3.8) is 0 Å². The molecule has 1 aliphatic rings. The zero-order chi connectivity index (χ0) is 12.3. The highest BCUT2D eigenvalue weighted by molar-refractivity contribution is 5.83. The highest BCUT2D eigenvalue weighted by atomic mass is 16.2. The van der Waals surface area contributed by atoms with E-state index in [1.54, 1.807) is 4.90 Å². The number of hydrogen-bond donors (Lipinski definition) is 1. The fourth-order valence-electron chi connectivity index (χ4n) is 1.97. The lowest BCUT2D eigenvalue weighted by Crippen LogP contribution is -2.48.